The Kier molecular flexibility index (Phi) is 5.91. The molecule has 10 heteroatoms. The van der Waals surface area contributed by atoms with Crippen LogP contribution in [0.5, 0.6) is 11.5 Å². The molecule has 0 unspecified atom stereocenters. The molecular weight excluding hydrogens is 415 g/mol. The number of ether oxygens (including phenoxy) is 2. The third-order valence-electron chi connectivity index (χ3n) is 4.09. The summed E-state index contributed by atoms with van der Waals surface area (Å²) in [4.78, 5) is 5.28. The van der Waals surface area contributed by atoms with Gasteiger partial charge in [-0.3, -0.25) is 4.57 Å². The molecule has 2 aromatic heterocycles. The molecular formula is C19H21N2O6PS. The lowest BCUT2D eigenvalue weighted by atomic mass is 10.2. The zero-order valence-electron chi connectivity index (χ0n) is 16.0. The van der Waals surface area contributed by atoms with Crippen LogP contribution in [0.25, 0.3) is 10.8 Å². The number of oxazole rings is 1. The van der Waals surface area contributed by atoms with Gasteiger partial charge in [0.05, 0.1) is 18.1 Å². The van der Waals surface area contributed by atoms with Crippen LogP contribution in [0.4, 0.5) is 5.88 Å². The van der Waals surface area contributed by atoms with Crippen LogP contribution in [0.1, 0.15) is 19.4 Å². The van der Waals surface area contributed by atoms with E-state index < -0.39 is 7.60 Å². The number of nitrogens with zero attached hydrogens (tertiary/aromatic N) is 1. The first-order chi connectivity index (χ1) is 14.1. The van der Waals surface area contributed by atoms with Gasteiger partial charge in [-0.15, -0.1) is 11.3 Å². The summed E-state index contributed by atoms with van der Waals surface area (Å²) in [7, 11) is -3.63. The van der Waals surface area contributed by atoms with E-state index in [0.717, 1.165) is 10.4 Å². The van der Waals surface area contributed by atoms with Crippen molar-refractivity contribution in [3.63, 3.8) is 0 Å². The van der Waals surface area contributed by atoms with E-state index in [-0.39, 0.29) is 31.3 Å². The van der Waals surface area contributed by atoms with Crippen molar-refractivity contribution in [1.82, 2.24) is 4.98 Å². The van der Waals surface area contributed by atoms with E-state index in [9.17, 15) is 4.57 Å². The van der Waals surface area contributed by atoms with Gasteiger partial charge in [-0.1, -0.05) is 12.1 Å². The van der Waals surface area contributed by atoms with Crippen LogP contribution in [0.15, 0.2) is 40.1 Å². The minimum Gasteiger partial charge on any atom is -0.454 e. The van der Waals surface area contributed by atoms with Crippen LogP contribution in [0.3, 0.4) is 0 Å². The molecule has 4 rings (SSSR count). The van der Waals surface area contributed by atoms with Gasteiger partial charge in [0.25, 0.3) is 0 Å². The highest BCUT2D eigenvalue weighted by atomic mass is 32.1. The van der Waals surface area contributed by atoms with Gasteiger partial charge >= 0.3 is 7.60 Å². The van der Waals surface area contributed by atoms with Crippen molar-refractivity contribution in [3.8, 4) is 22.3 Å². The number of hydrogen-bond acceptors (Lipinski definition) is 9. The lowest BCUT2D eigenvalue weighted by molar-refractivity contribution is 0.174. The number of nitrogens with one attached hydrogen (secondary N) is 1. The van der Waals surface area contributed by atoms with Gasteiger partial charge in [-0.2, -0.15) is 4.98 Å². The third kappa shape index (κ3) is 4.18. The van der Waals surface area contributed by atoms with E-state index in [4.69, 9.17) is 22.9 Å². The second-order valence-electron chi connectivity index (χ2n) is 6.02. The Morgan fingerprint density at radius 2 is 1.97 bits per heavy atom. The molecule has 0 saturated heterocycles. The third-order valence-corrected chi connectivity index (χ3v) is 6.96. The molecule has 29 heavy (non-hydrogen) atoms. The summed E-state index contributed by atoms with van der Waals surface area (Å²) in [5, 5.41) is 5.09. The molecule has 1 aromatic carbocycles. The highest BCUT2D eigenvalue weighted by Gasteiger charge is 2.36. The Morgan fingerprint density at radius 3 is 2.69 bits per heavy atom. The van der Waals surface area contributed by atoms with E-state index >= 15 is 0 Å². The maximum Gasteiger partial charge on any atom is 0.385 e. The van der Waals surface area contributed by atoms with Gasteiger partial charge in [0.1, 0.15) is 0 Å². The van der Waals surface area contributed by atoms with Crippen LogP contribution < -0.4 is 20.2 Å². The summed E-state index contributed by atoms with van der Waals surface area (Å²) in [6, 6.07) is 9.43. The van der Waals surface area contributed by atoms with Crippen molar-refractivity contribution in [1.29, 1.82) is 0 Å². The number of anilines is 1. The summed E-state index contributed by atoms with van der Waals surface area (Å²) in [6.07, 6.45) is 0. The highest BCUT2D eigenvalue weighted by molar-refractivity contribution is 7.62. The average molecular weight is 436 g/mol. The fraction of sp³-hybridized carbons (Fsp3) is 0.316. The molecule has 0 radical (unpaired) electrons. The zero-order valence-corrected chi connectivity index (χ0v) is 17.8. The molecule has 8 nitrogen and oxygen atoms in total. The minimum atomic E-state index is -3.63. The minimum absolute atomic E-state index is 0.144. The van der Waals surface area contributed by atoms with Gasteiger partial charge in [-0.05, 0) is 43.0 Å². The molecule has 0 spiro atoms. The first-order valence-electron chi connectivity index (χ1n) is 9.19. The molecule has 0 saturated carbocycles. The summed E-state index contributed by atoms with van der Waals surface area (Å²) < 4.78 is 41.0. The lowest BCUT2D eigenvalue weighted by Gasteiger charge is -2.15. The predicted molar refractivity (Wildman–Crippen MR) is 110 cm³/mol. The maximum atomic E-state index is 13.3. The second-order valence-corrected chi connectivity index (χ2v) is 8.91. The van der Waals surface area contributed by atoms with Crippen molar-refractivity contribution in [3.05, 3.63) is 41.3 Å². The lowest BCUT2D eigenvalue weighted by Crippen LogP contribution is -2.16. The fourth-order valence-corrected chi connectivity index (χ4v) is 5.09. The van der Waals surface area contributed by atoms with Crippen molar-refractivity contribution in [2.45, 2.75) is 20.4 Å². The summed E-state index contributed by atoms with van der Waals surface area (Å²) in [6.45, 7) is 4.58. The van der Waals surface area contributed by atoms with Gasteiger partial charge in [0.15, 0.2) is 11.5 Å². The van der Waals surface area contributed by atoms with Gasteiger partial charge in [0.2, 0.25) is 24.0 Å². The Labute approximate surface area is 172 Å². The van der Waals surface area contributed by atoms with Crippen molar-refractivity contribution in [2.24, 2.45) is 0 Å². The van der Waals surface area contributed by atoms with Crippen LogP contribution in [0.2, 0.25) is 0 Å². The van der Waals surface area contributed by atoms with Crippen LogP contribution in [-0.2, 0) is 20.2 Å². The number of hydrogen-bond donors (Lipinski definition) is 1. The molecule has 3 heterocycles. The van der Waals surface area contributed by atoms with E-state index in [1.165, 1.54) is 11.3 Å². The summed E-state index contributed by atoms with van der Waals surface area (Å²) in [5.41, 5.74) is 1.09. The predicted octanol–water partition coefficient (Wildman–Crippen LogP) is 4.64. The molecule has 0 amide bonds. The van der Waals surface area contributed by atoms with Crippen LogP contribution in [-0.4, -0.2) is 25.0 Å². The first-order valence-corrected chi connectivity index (χ1v) is 11.6. The van der Waals surface area contributed by atoms with Gasteiger partial charge in [0, 0.05) is 6.54 Å². The zero-order chi connectivity index (χ0) is 20.3. The molecule has 3 aromatic rings. The summed E-state index contributed by atoms with van der Waals surface area (Å²) in [5.74, 6) is 2.03. The largest absolute Gasteiger partial charge is 0.454 e. The van der Waals surface area contributed by atoms with Crippen LogP contribution in [0, 0.1) is 0 Å². The number of thiophene rings is 1. The van der Waals surface area contributed by atoms with Gasteiger partial charge in [-0.25, -0.2) is 0 Å². The molecule has 0 bridgehead atoms. The van der Waals surface area contributed by atoms with Crippen molar-refractivity contribution >= 4 is 30.3 Å². The number of rotatable bonds is 9. The molecule has 0 fully saturated rings. The highest BCUT2D eigenvalue weighted by Crippen LogP contribution is 2.49. The Morgan fingerprint density at radius 1 is 1.17 bits per heavy atom. The van der Waals surface area contributed by atoms with E-state index in [2.05, 4.69) is 10.3 Å². The van der Waals surface area contributed by atoms with Crippen molar-refractivity contribution in [2.75, 3.05) is 25.3 Å². The average Bonchev–Trinajstić information content (AvgIpc) is 3.46. The standard InChI is InChI=1S/C19H21N2O6PS/c1-3-25-28(22,26-4-2)19-18(27-17(21-19)16-6-5-9-29-16)20-11-13-7-8-14-15(10-13)24-12-23-14/h5-10,20H,3-4,11-12H2,1-2H3. The first kappa shape index (κ1) is 20.0. The second kappa shape index (κ2) is 8.59. The monoisotopic (exact) mass is 436 g/mol. The summed E-state index contributed by atoms with van der Waals surface area (Å²) >= 11 is 1.48. The fourth-order valence-electron chi connectivity index (χ4n) is 2.85. The Hall–Kier alpha value is -2.32. The Balaban J connectivity index is 1.64. The molecule has 1 aliphatic rings. The van der Waals surface area contributed by atoms with E-state index in [0.29, 0.717) is 23.9 Å². The van der Waals surface area contributed by atoms with E-state index in [1.54, 1.807) is 13.8 Å². The maximum absolute atomic E-state index is 13.3. The SMILES string of the molecule is CCOP(=O)(OCC)c1nc(-c2cccs2)oc1NCc1ccc2c(c1)OCO2. The normalized spacial score (nSPS) is 13.0. The van der Waals surface area contributed by atoms with E-state index in [1.807, 2.05) is 35.7 Å². The molecule has 0 atom stereocenters. The molecule has 154 valence electrons. The topological polar surface area (TPSA) is 92.1 Å². The van der Waals surface area contributed by atoms with Crippen molar-refractivity contribution < 1.29 is 27.5 Å². The quantitative estimate of drug-likeness (QED) is 0.485. The molecule has 1 aliphatic heterocycles. The van der Waals surface area contributed by atoms with Crippen LogP contribution >= 0.6 is 18.9 Å². The number of aromatic nitrogens is 1. The smallest absolute Gasteiger partial charge is 0.385 e. The van der Waals surface area contributed by atoms with Gasteiger partial charge < -0.3 is 28.3 Å². The number of benzene rings is 1. The Bertz CT molecular complexity index is 1010. The molecule has 1 N–H and O–H groups in total. The number of fused-ring (bicyclic) bond motifs is 1. The molecule has 0 aliphatic carbocycles.